The lowest BCUT2D eigenvalue weighted by Gasteiger charge is -2.09. The number of hydrogen-bond acceptors (Lipinski definition) is 4. The molecule has 1 N–H and O–H groups in total. The quantitative estimate of drug-likeness (QED) is 0.696. The van der Waals surface area contributed by atoms with Gasteiger partial charge in [-0.25, -0.2) is 4.39 Å². The van der Waals surface area contributed by atoms with E-state index in [0.717, 1.165) is 5.56 Å². The highest BCUT2D eigenvalue weighted by Crippen LogP contribution is 2.16. The Bertz CT molecular complexity index is 418. The van der Waals surface area contributed by atoms with Gasteiger partial charge in [-0.2, -0.15) is 5.26 Å². The maximum Gasteiger partial charge on any atom is 0.127 e. The Morgan fingerprint density at radius 2 is 2.16 bits per heavy atom. The van der Waals surface area contributed by atoms with Crippen LogP contribution in [0.15, 0.2) is 18.2 Å². The molecule has 0 bridgehead atoms. The van der Waals surface area contributed by atoms with Crippen LogP contribution in [0.4, 0.5) is 4.39 Å². The number of nitrogens with one attached hydrogen (secondary N) is 1. The molecule has 0 spiro atoms. The van der Waals surface area contributed by atoms with E-state index in [9.17, 15) is 4.39 Å². The van der Waals surface area contributed by atoms with E-state index >= 15 is 0 Å². The average Bonchev–Trinajstić information content (AvgIpc) is 2.39. The first kappa shape index (κ1) is 15.4. The van der Waals surface area contributed by atoms with Crippen LogP contribution in [0, 0.1) is 17.1 Å². The second kappa shape index (κ2) is 9.31. The molecule has 0 radical (unpaired) electrons. The number of hydrogen-bond donors (Lipinski definition) is 1. The highest BCUT2D eigenvalue weighted by molar-refractivity contribution is 5.29. The molecule has 0 heterocycles. The van der Waals surface area contributed by atoms with Gasteiger partial charge in [-0.05, 0) is 24.1 Å². The number of nitrogens with zero attached hydrogens (tertiary/aromatic N) is 1. The number of nitriles is 1. The normalized spacial score (nSPS) is 10.2. The summed E-state index contributed by atoms with van der Waals surface area (Å²) in [7, 11) is 1.64. The molecule has 4 nitrogen and oxygen atoms in total. The van der Waals surface area contributed by atoms with Crippen molar-refractivity contribution in [3.63, 3.8) is 0 Å². The standard InChI is InChI=1S/C14H19FN2O2/c1-18-7-5-17-11-12-8-13(15)10-14(9-12)19-6-3-2-4-16/h8-10,17H,2-3,5-7,11H2,1H3. The predicted molar refractivity (Wildman–Crippen MR) is 70.3 cm³/mol. The molecule has 0 saturated heterocycles. The lowest BCUT2D eigenvalue weighted by atomic mass is 10.2. The fourth-order valence-electron chi connectivity index (χ4n) is 1.55. The highest BCUT2D eigenvalue weighted by Gasteiger charge is 2.02. The first-order valence-electron chi connectivity index (χ1n) is 6.25. The van der Waals surface area contributed by atoms with Crippen molar-refractivity contribution in [2.24, 2.45) is 0 Å². The Hall–Kier alpha value is -1.64. The Morgan fingerprint density at radius 1 is 1.32 bits per heavy atom. The average molecular weight is 266 g/mol. The third-order valence-electron chi connectivity index (χ3n) is 2.44. The Kier molecular flexibility index (Phi) is 7.56. The van der Waals surface area contributed by atoms with E-state index in [-0.39, 0.29) is 5.82 Å². The molecule has 0 unspecified atom stereocenters. The number of ether oxygens (including phenoxy) is 2. The maximum absolute atomic E-state index is 13.4. The smallest absolute Gasteiger partial charge is 0.127 e. The van der Waals surface area contributed by atoms with Gasteiger partial charge in [0.2, 0.25) is 0 Å². The molecule has 0 aliphatic heterocycles. The Balaban J connectivity index is 2.44. The zero-order valence-corrected chi connectivity index (χ0v) is 11.1. The SMILES string of the molecule is COCCNCc1cc(F)cc(OCCCC#N)c1. The molecule has 19 heavy (non-hydrogen) atoms. The lowest BCUT2D eigenvalue weighted by molar-refractivity contribution is 0.199. The van der Waals surface area contributed by atoms with Gasteiger partial charge >= 0.3 is 0 Å². The van der Waals surface area contributed by atoms with Crippen molar-refractivity contribution in [2.75, 3.05) is 26.9 Å². The van der Waals surface area contributed by atoms with E-state index in [1.807, 2.05) is 6.07 Å². The van der Waals surface area contributed by atoms with E-state index in [4.69, 9.17) is 14.7 Å². The number of rotatable bonds is 9. The van der Waals surface area contributed by atoms with Crippen LogP contribution in [0.1, 0.15) is 18.4 Å². The molecule has 0 aliphatic rings. The second-order valence-electron chi connectivity index (χ2n) is 4.07. The highest BCUT2D eigenvalue weighted by atomic mass is 19.1. The van der Waals surface area contributed by atoms with Gasteiger partial charge in [-0.3, -0.25) is 0 Å². The van der Waals surface area contributed by atoms with Gasteiger partial charge in [-0.15, -0.1) is 0 Å². The molecule has 104 valence electrons. The van der Waals surface area contributed by atoms with Gasteiger partial charge in [0.25, 0.3) is 0 Å². The summed E-state index contributed by atoms with van der Waals surface area (Å²) in [4.78, 5) is 0. The first-order valence-corrected chi connectivity index (χ1v) is 6.25. The molecule has 5 heteroatoms. The summed E-state index contributed by atoms with van der Waals surface area (Å²) in [5.41, 5.74) is 0.825. The van der Waals surface area contributed by atoms with Crippen molar-refractivity contribution < 1.29 is 13.9 Å². The summed E-state index contributed by atoms with van der Waals surface area (Å²) in [6.07, 6.45) is 1.09. The van der Waals surface area contributed by atoms with Crippen molar-refractivity contribution in [1.82, 2.24) is 5.32 Å². The number of benzene rings is 1. The summed E-state index contributed by atoms with van der Waals surface area (Å²) in [6.45, 7) is 2.32. The predicted octanol–water partition coefficient (Wildman–Crippen LogP) is 2.24. The van der Waals surface area contributed by atoms with Gasteiger partial charge in [0.05, 0.1) is 19.3 Å². The number of halogens is 1. The molecule has 0 amide bonds. The molecule has 0 atom stereocenters. The van der Waals surface area contributed by atoms with Crippen LogP contribution in [0.5, 0.6) is 5.75 Å². The second-order valence-corrected chi connectivity index (χ2v) is 4.07. The zero-order valence-electron chi connectivity index (χ0n) is 11.1. The Labute approximate surface area is 113 Å². The number of unbranched alkanes of at least 4 members (excludes halogenated alkanes) is 1. The van der Waals surface area contributed by atoms with Gasteiger partial charge < -0.3 is 14.8 Å². The summed E-state index contributed by atoms with van der Waals surface area (Å²) in [5.74, 6) is 0.183. The monoisotopic (exact) mass is 266 g/mol. The van der Waals surface area contributed by atoms with Gasteiger partial charge in [0.15, 0.2) is 0 Å². The zero-order chi connectivity index (χ0) is 13.9. The van der Waals surface area contributed by atoms with E-state index in [1.54, 1.807) is 13.2 Å². The van der Waals surface area contributed by atoms with Crippen LogP contribution in [0.3, 0.4) is 0 Å². The Morgan fingerprint density at radius 3 is 2.89 bits per heavy atom. The molecule has 0 saturated carbocycles. The largest absolute Gasteiger partial charge is 0.493 e. The van der Waals surface area contributed by atoms with Crippen LogP contribution in [-0.2, 0) is 11.3 Å². The molecule has 1 aromatic carbocycles. The van der Waals surface area contributed by atoms with E-state index < -0.39 is 0 Å². The van der Waals surface area contributed by atoms with Crippen LogP contribution in [-0.4, -0.2) is 26.9 Å². The minimum atomic E-state index is -0.318. The van der Waals surface area contributed by atoms with Crippen molar-refractivity contribution in [2.45, 2.75) is 19.4 Å². The van der Waals surface area contributed by atoms with Crippen molar-refractivity contribution in [3.05, 3.63) is 29.6 Å². The number of methoxy groups -OCH3 is 1. The topological polar surface area (TPSA) is 54.3 Å². The van der Waals surface area contributed by atoms with Crippen molar-refractivity contribution >= 4 is 0 Å². The van der Waals surface area contributed by atoms with E-state index in [1.165, 1.54) is 12.1 Å². The van der Waals surface area contributed by atoms with E-state index in [0.29, 0.717) is 44.9 Å². The van der Waals surface area contributed by atoms with Crippen LogP contribution in [0.2, 0.25) is 0 Å². The molecule has 1 rings (SSSR count). The van der Waals surface area contributed by atoms with Gasteiger partial charge in [0.1, 0.15) is 11.6 Å². The summed E-state index contributed by atoms with van der Waals surface area (Å²) in [6, 6.07) is 6.67. The van der Waals surface area contributed by atoms with Crippen LogP contribution in [0.25, 0.3) is 0 Å². The molecular formula is C14H19FN2O2. The van der Waals surface area contributed by atoms with Crippen molar-refractivity contribution in [3.8, 4) is 11.8 Å². The molecule has 1 aromatic rings. The molecule has 0 fully saturated rings. The van der Waals surface area contributed by atoms with Crippen LogP contribution < -0.4 is 10.1 Å². The van der Waals surface area contributed by atoms with Crippen molar-refractivity contribution in [1.29, 1.82) is 5.26 Å². The molecular weight excluding hydrogens is 247 g/mol. The minimum absolute atomic E-state index is 0.318. The van der Waals surface area contributed by atoms with Gasteiger partial charge in [-0.1, -0.05) is 0 Å². The maximum atomic E-state index is 13.4. The van der Waals surface area contributed by atoms with Crippen LogP contribution >= 0.6 is 0 Å². The van der Waals surface area contributed by atoms with E-state index in [2.05, 4.69) is 5.32 Å². The molecule has 0 aromatic heterocycles. The summed E-state index contributed by atoms with van der Waals surface area (Å²) < 4.78 is 23.7. The minimum Gasteiger partial charge on any atom is -0.493 e. The third-order valence-corrected chi connectivity index (χ3v) is 2.44. The third kappa shape index (κ3) is 6.75. The molecule has 0 aliphatic carbocycles. The fourth-order valence-corrected chi connectivity index (χ4v) is 1.55. The first-order chi connectivity index (χ1) is 9.26. The summed E-state index contributed by atoms with van der Waals surface area (Å²) >= 11 is 0. The fraction of sp³-hybridized carbons (Fsp3) is 0.500. The van der Waals surface area contributed by atoms with Gasteiger partial charge in [0, 0.05) is 32.7 Å². The lowest BCUT2D eigenvalue weighted by Crippen LogP contribution is -2.18. The summed E-state index contributed by atoms with van der Waals surface area (Å²) in [5, 5.41) is 11.6.